The lowest BCUT2D eigenvalue weighted by atomic mass is 10.2. The number of esters is 1. The molecule has 0 amide bonds. The third kappa shape index (κ3) is 4.05. The van der Waals surface area contributed by atoms with E-state index in [1.165, 1.54) is 24.3 Å². The molecular formula is C16H12FNO3. The fourth-order valence-corrected chi connectivity index (χ4v) is 1.56. The second-order valence-corrected chi connectivity index (χ2v) is 4.27. The summed E-state index contributed by atoms with van der Waals surface area (Å²) in [7, 11) is 0. The molecule has 0 saturated carbocycles. The molecule has 0 unspecified atom stereocenters. The number of carbonyl (C=O) groups excluding carboxylic acids is 1. The summed E-state index contributed by atoms with van der Waals surface area (Å²) < 4.78 is 23.2. The predicted octanol–water partition coefficient (Wildman–Crippen LogP) is 3.07. The molecule has 0 aromatic heterocycles. The van der Waals surface area contributed by atoms with Crippen LogP contribution in [-0.2, 0) is 4.79 Å². The zero-order valence-corrected chi connectivity index (χ0v) is 11.2. The van der Waals surface area contributed by atoms with E-state index < -0.39 is 17.9 Å². The van der Waals surface area contributed by atoms with Gasteiger partial charge in [-0.05, 0) is 55.5 Å². The van der Waals surface area contributed by atoms with Gasteiger partial charge in [0.05, 0.1) is 11.6 Å². The number of rotatable bonds is 4. The van der Waals surface area contributed by atoms with Crippen molar-refractivity contribution in [2.24, 2.45) is 0 Å². The lowest BCUT2D eigenvalue weighted by Crippen LogP contribution is -2.28. The average molecular weight is 285 g/mol. The average Bonchev–Trinajstić information content (AvgIpc) is 2.50. The van der Waals surface area contributed by atoms with Gasteiger partial charge >= 0.3 is 5.97 Å². The number of carbonyl (C=O) groups is 1. The van der Waals surface area contributed by atoms with Crippen molar-refractivity contribution in [2.45, 2.75) is 13.0 Å². The summed E-state index contributed by atoms with van der Waals surface area (Å²) in [5, 5.41) is 8.69. The van der Waals surface area contributed by atoms with Crippen LogP contribution in [0.5, 0.6) is 11.5 Å². The van der Waals surface area contributed by atoms with Gasteiger partial charge in [0, 0.05) is 0 Å². The standard InChI is InChI=1S/C16H12FNO3/c1-11(20-14-6-2-12(10-18)3-7-14)16(19)21-15-8-4-13(17)5-9-15/h2-9,11H,1H3/t11-/m1/s1. The highest BCUT2D eigenvalue weighted by Gasteiger charge is 2.17. The molecule has 4 nitrogen and oxygen atoms in total. The van der Waals surface area contributed by atoms with E-state index >= 15 is 0 Å². The number of halogens is 1. The smallest absolute Gasteiger partial charge is 0.352 e. The number of benzene rings is 2. The van der Waals surface area contributed by atoms with Crippen LogP contribution in [0.4, 0.5) is 4.39 Å². The largest absolute Gasteiger partial charge is 0.479 e. The number of ether oxygens (including phenoxy) is 2. The molecule has 0 fully saturated rings. The summed E-state index contributed by atoms with van der Waals surface area (Å²) in [6.45, 7) is 1.55. The monoisotopic (exact) mass is 285 g/mol. The second-order valence-electron chi connectivity index (χ2n) is 4.27. The zero-order valence-electron chi connectivity index (χ0n) is 11.2. The fraction of sp³-hybridized carbons (Fsp3) is 0.125. The Labute approximate surface area is 121 Å². The van der Waals surface area contributed by atoms with Crippen molar-refractivity contribution in [3.63, 3.8) is 0 Å². The molecule has 0 aliphatic rings. The molecule has 0 N–H and O–H groups in total. The minimum Gasteiger partial charge on any atom is -0.479 e. The number of hydrogen-bond donors (Lipinski definition) is 0. The van der Waals surface area contributed by atoms with Crippen LogP contribution in [-0.4, -0.2) is 12.1 Å². The van der Waals surface area contributed by atoms with Gasteiger partial charge in [0.25, 0.3) is 0 Å². The lowest BCUT2D eigenvalue weighted by molar-refractivity contribution is -0.141. The van der Waals surface area contributed by atoms with Crippen molar-refractivity contribution in [1.29, 1.82) is 5.26 Å². The Bertz CT molecular complexity index is 659. The van der Waals surface area contributed by atoms with Crippen molar-refractivity contribution in [1.82, 2.24) is 0 Å². The first-order chi connectivity index (χ1) is 10.1. The van der Waals surface area contributed by atoms with Gasteiger partial charge in [-0.2, -0.15) is 5.26 Å². The van der Waals surface area contributed by atoms with Gasteiger partial charge in [0.2, 0.25) is 0 Å². The van der Waals surface area contributed by atoms with Gasteiger partial charge in [0.15, 0.2) is 6.10 Å². The maximum atomic E-state index is 12.7. The minimum absolute atomic E-state index is 0.247. The number of nitrogens with zero attached hydrogens (tertiary/aromatic N) is 1. The summed E-state index contributed by atoms with van der Waals surface area (Å²) in [6, 6.07) is 13.5. The fourth-order valence-electron chi connectivity index (χ4n) is 1.56. The van der Waals surface area contributed by atoms with E-state index in [9.17, 15) is 9.18 Å². The molecule has 0 spiro atoms. The summed E-state index contributed by atoms with van der Waals surface area (Å²) >= 11 is 0. The first kappa shape index (κ1) is 14.5. The van der Waals surface area contributed by atoms with Crippen molar-refractivity contribution in [2.75, 3.05) is 0 Å². The van der Waals surface area contributed by atoms with Gasteiger partial charge in [-0.1, -0.05) is 0 Å². The summed E-state index contributed by atoms with van der Waals surface area (Å²) in [5.74, 6) is -0.295. The molecule has 2 aromatic carbocycles. The van der Waals surface area contributed by atoms with Gasteiger partial charge < -0.3 is 9.47 Å². The van der Waals surface area contributed by atoms with Crippen molar-refractivity contribution >= 4 is 5.97 Å². The maximum absolute atomic E-state index is 12.7. The van der Waals surface area contributed by atoms with Gasteiger partial charge in [-0.15, -0.1) is 0 Å². The highest BCUT2D eigenvalue weighted by Crippen LogP contribution is 2.16. The molecule has 0 saturated heterocycles. The Morgan fingerprint density at radius 3 is 2.24 bits per heavy atom. The molecule has 5 heteroatoms. The quantitative estimate of drug-likeness (QED) is 0.640. The first-order valence-electron chi connectivity index (χ1n) is 6.22. The van der Waals surface area contributed by atoms with E-state index in [1.54, 1.807) is 31.2 Å². The third-order valence-corrected chi connectivity index (χ3v) is 2.66. The van der Waals surface area contributed by atoms with Crippen LogP contribution in [0.3, 0.4) is 0 Å². The van der Waals surface area contributed by atoms with Crippen LogP contribution >= 0.6 is 0 Å². The van der Waals surface area contributed by atoms with Gasteiger partial charge in [0.1, 0.15) is 17.3 Å². The topological polar surface area (TPSA) is 59.3 Å². The summed E-state index contributed by atoms with van der Waals surface area (Å²) in [6.07, 6.45) is -0.831. The maximum Gasteiger partial charge on any atom is 0.352 e. The van der Waals surface area contributed by atoms with E-state index in [4.69, 9.17) is 14.7 Å². The van der Waals surface area contributed by atoms with E-state index in [1.807, 2.05) is 6.07 Å². The van der Waals surface area contributed by atoms with Crippen molar-refractivity contribution in [3.05, 3.63) is 59.9 Å². The molecule has 0 bridgehead atoms. The molecule has 0 aliphatic heterocycles. The Hall–Kier alpha value is -2.87. The van der Waals surface area contributed by atoms with Crippen LogP contribution < -0.4 is 9.47 Å². The Morgan fingerprint density at radius 1 is 1.10 bits per heavy atom. The van der Waals surface area contributed by atoms with E-state index in [0.29, 0.717) is 11.3 Å². The highest BCUT2D eigenvalue weighted by molar-refractivity contribution is 5.77. The molecule has 1 atom stereocenters. The predicted molar refractivity (Wildman–Crippen MR) is 73.3 cm³/mol. The molecule has 2 rings (SSSR count). The van der Waals surface area contributed by atoms with E-state index in [2.05, 4.69) is 0 Å². The molecular weight excluding hydrogens is 273 g/mol. The first-order valence-corrected chi connectivity index (χ1v) is 6.22. The molecule has 0 heterocycles. The SMILES string of the molecule is C[C@@H](Oc1ccc(C#N)cc1)C(=O)Oc1ccc(F)cc1. The highest BCUT2D eigenvalue weighted by atomic mass is 19.1. The summed E-state index contributed by atoms with van der Waals surface area (Å²) in [5.41, 5.74) is 0.504. The molecule has 0 radical (unpaired) electrons. The summed E-state index contributed by atoms with van der Waals surface area (Å²) in [4.78, 5) is 11.8. The Balaban J connectivity index is 1.95. The molecule has 0 aliphatic carbocycles. The number of nitriles is 1. The molecule has 21 heavy (non-hydrogen) atoms. The number of hydrogen-bond acceptors (Lipinski definition) is 4. The van der Waals surface area contributed by atoms with E-state index in [0.717, 1.165) is 0 Å². The van der Waals surface area contributed by atoms with Crippen LogP contribution in [0.2, 0.25) is 0 Å². The van der Waals surface area contributed by atoms with Crippen LogP contribution in [0, 0.1) is 17.1 Å². The van der Waals surface area contributed by atoms with Crippen LogP contribution in [0.1, 0.15) is 12.5 Å². The van der Waals surface area contributed by atoms with Crippen molar-refractivity contribution in [3.8, 4) is 17.6 Å². The van der Waals surface area contributed by atoms with E-state index in [-0.39, 0.29) is 5.75 Å². The van der Waals surface area contributed by atoms with Crippen LogP contribution in [0.15, 0.2) is 48.5 Å². The second kappa shape index (κ2) is 6.53. The Kier molecular flexibility index (Phi) is 4.52. The van der Waals surface area contributed by atoms with Crippen molar-refractivity contribution < 1.29 is 18.7 Å². The Morgan fingerprint density at radius 2 is 1.67 bits per heavy atom. The lowest BCUT2D eigenvalue weighted by Gasteiger charge is -2.13. The molecule has 2 aromatic rings. The van der Waals surface area contributed by atoms with Crippen LogP contribution in [0.25, 0.3) is 0 Å². The molecule has 106 valence electrons. The zero-order chi connectivity index (χ0) is 15.2. The normalized spacial score (nSPS) is 11.3. The minimum atomic E-state index is -0.831. The van der Waals surface area contributed by atoms with Gasteiger partial charge in [-0.3, -0.25) is 0 Å². The third-order valence-electron chi connectivity index (χ3n) is 2.66. The van der Waals surface area contributed by atoms with Gasteiger partial charge in [-0.25, -0.2) is 9.18 Å².